The van der Waals surface area contributed by atoms with Gasteiger partial charge in [0.25, 0.3) is 0 Å². The lowest BCUT2D eigenvalue weighted by Gasteiger charge is -2.07. The molecule has 0 bridgehead atoms. The first-order chi connectivity index (χ1) is 10.3. The van der Waals surface area contributed by atoms with Gasteiger partial charge in [0.05, 0.1) is 0 Å². The molecule has 10 heteroatoms. The largest absolute Gasteiger partial charge is 0.477 e. The highest BCUT2D eigenvalue weighted by atomic mass is 32.2. The first-order valence-corrected chi connectivity index (χ1v) is 7.73. The van der Waals surface area contributed by atoms with Crippen LogP contribution in [0.3, 0.4) is 0 Å². The van der Waals surface area contributed by atoms with Crippen LogP contribution in [0.15, 0.2) is 30.6 Å². The van der Waals surface area contributed by atoms with Crippen molar-refractivity contribution in [2.75, 3.05) is 18.4 Å². The Morgan fingerprint density at radius 2 is 2.09 bits per heavy atom. The number of pyridine rings is 1. The quantitative estimate of drug-likeness (QED) is 0.567. The Labute approximate surface area is 126 Å². The van der Waals surface area contributed by atoms with Crippen molar-refractivity contribution in [2.45, 2.75) is 0 Å². The first kappa shape index (κ1) is 15.9. The van der Waals surface area contributed by atoms with E-state index in [-0.39, 0.29) is 5.56 Å². The zero-order valence-electron chi connectivity index (χ0n) is 11.4. The minimum Gasteiger partial charge on any atom is -0.477 e. The van der Waals surface area contributed by atoms with Crippen molar-refractivity contribution in [3.8, 4) is 11.1 Å². The second-order valence-electron chi connectivity index (χ2n) is 4.37. The molecular formula is C12H15N5O4S. The minimum absolute atomic E-state index is 0.208. The standard InChI is InChI=1S/C12H15N5O4S/c13-4-5-15-10-2-1-8(7-16-10)9-3-6-17(22(14,20)21)11(9)12(18)19/h1-3,6-7H,4-5,13H2,(H,15,16)(H,18,19)(H2,14,20,21). The number of rotatable bonds is 6. The summed E-state index contributed by atoms with van der Waals surface area (Å²) in [7, 11) is -4.20. The van der Waals surface area contributed by atoms with E-state index in [1.165, 1.54) is 12.3 Å². The summed E-state index contributed by atoms with van der Waals surface area (Å²) in [4.78, 5) is 15.5. The number of aromatic nitrogens is 2. The van der Waals surface area contributed by atoms with Gasteiger partial charge in [-0.15, -0.1) is 0 Å². The average Bonchev–Trinajstić information content (AvgIpc) is 2.90. The molecule has 118 valence electrons. The van der Waals surface area contributed by atoms with Gasteiger partial charge in [-0.1, -0.05) is 0 Å². The lowest BCUT2D eigenvalue weighted by molar-refractivity contribution is 0.0690. The summed E-state index contributed by atoms with van der Waals surface area (Å²) in [5.74, 6) is -0.823. The highest BCUT2D eigenvalue weighted by molar-refractivity contribution is 7.87. The third-order valence-electron chi connectivity index (χ3n) is 2.85. The van der Waals surface area contributed by atoms with Crippen molar-refractivity contribution < 1.29 is 18.3 Å². The Balaban J connectivity index is 2.45. The number of nitrogens with one attached hydrogen (secondary N) is 1. The number of nitrogens with zero attached hydrogens (tertiary/aromatic N) is 2. The van der Waals surface area contributed by atoms with Gasteiger partial charge in [0.2, 0.25) is 0 Å². The number of carbonyl (C=O) groups is 1. The molecule has 2 aromatic heterocycles. The molecule has 0 fully saturated rings. The zero-order valence-corrected chi connectivity index (χ0v) is 12.2. The molecule has 0 spiro atoms. The van der Waals surface area contributed by atoms with E-state index in [0.717, 1.165) is 6.20 Å². The van der Waals surface area contributed by atoms with Crippen molar-refractivity contribution >= 4 is 22.0 Å². The maximum atomic E-state index is 11.4. The number of carboxylic acid groups (broad SMARTS) is 1. The Hall–Kier alpha value is -2.43. The van der Waals surface area contributed by atoms with Crippen LogP contribution < -0.4 is 16.2 Å². The van der Waals surface area contributed by atoms with E-state index in [1.807, 2.05) is 0 Å². The lowest BCUT2D eigenvalue weighted by Crippen LogP contribution is -2.24. The van der Waals surface area contributed by atoms with Gasteiger partial charge in [0.1, 0.15) is 5.82 Å². The van der Waals surface area contributed by atoms with Crippen LogP contribution in [0.4, 0.5) is 5.82 Å². The van der Waals surface area contributed by atoms with Gasteiger partial charge in [-0.05, 0) is 18.2 Å². The minimum atomic E-state index is -4.20. The summed E-state index contributed by atoms with van der Waals surface area (Å²) in [6.07, 6.45) is 2.53. The molecule has 2 rings (SSSR count). The Morgan fingerprint density at radius 1 is 1.36 bits per heavy atom. The van der Waals surface area contributed by atoms with Gasteiger partial charge in [0, 0.05) is 36.6 Å². The van der Waals surface area contributed by atoms with E-state index in [1.54, 1.807) is 12.1 Å². The van der Waals surface area contributed by atoms with Crippen LogP contribution in [0.1, 0.15) is 10.5 Å². The molecule has 2 heterocycles. The van der Waals surface area contributed by atoms with Crippen LogP contribution in [0.5, 0.6) is 0 Å². The monoisotopic (exact) mass is 325 g/mol. The molecule has 0 amide bonds. The van der Waals surface area contributed by atoms with E-state index in [4.69, 9.17) is 10.9 Å². The smallest absolute Gasteiger partial charge is 0.354 e. The van der Waals surface area contributed by atoms with E-state index >= 15 is 0 Å². The third-order valence-corrected chi connectivity index (χ3v) is 3.71. The topological polar surface area (TPSA) is 153 Å². The van der Waals surface area contributed by atoms with Gasteiger partial charge in [-0.25, -0.2) is 18.9 Å². The Bertz CT molecular complexity index is 782. The predicted octanol–water partition coefficient (Wildman–Crippen LogP) is -0.329. The predicted molar refractivity (Wildman–Crippen MR) is 80.7 cm³/mol. The lowest BCUT2D eigenvalue weighted by atomic mass is 10.1. The van der Waals surface area contributed by atoms with Crippen LogP contribution in [0.2, 0.25) is 0 Å². The fourth-order valence-electron chi connectivity index (χ4n) is 1.93. The van der Waals surface area contributed by atoms with Crippen LogP contribution in [-0.4, -0.2) is 41.5 Å². The number of anilines is 1. The second-order valence-corrected chi connectivity index (χ2v) is 5.79. The molecule has 0 aliphatic carbocycles. The van der Waals surface area contributed by atoms with Gasteiger partial charge in [-0.3, -0.25) is 0 Å². The Kier molecular flexibility index (Phi) is 4.45. The number of aromatic carboxylic acids is 1. The maximum Gasteiger partial charge on any atom is 0.354 e. The summed E-state index contributed by atoms with van der Waals surface area (Å²) < 4.78 is 23.3. The third kappa shape index (κ3) is 3.24. The van der Waals surface area contributed by atoms with Crippen molar-refractivity contribution in [3.05, 3.63) is 36.3 Å². The van der Waals surface area contributed by atoms with Crippen LogP contribution in [0, 0.1) is 0 Å². The van der Waals surface area contributed by atoms with Crippen molar-refractivity contribution in [3.63, 3.8) is 0 Å². The molecule has 2 aromatic rings. The number of hydrogen-bond donors (Lipinski definition) is 4. The zero-order chi connectivity index (χ0) is 16.3. The summed E-state index contributed by atoms with van der Waals surface area (Å²) >= 11 is 0. The SMILES string of the molecule is NCCNc1ccc(-c2ccn(S(N)(=O)=O)c2C(=O)O)cn1. The summed E-state index contributed by atoms with van der Waals surface area (Å²) in [5.41, 5.74) is 5.59. The van der Waals surface area contributed by atoms with Crippen molar-refractivity contribution in [1.82, 2.24) is 8.96 Å². The molecule has 0 aliphatic rings. The molecule has 6 N–H and O–H groups in total. The number of hydrogen-bond acceptors (Lipinski definition) is 6. The fraction of sp³-hybridized carbons (Fsp3) is 0.167. The Morgan fingerprint density at radius 3 is 2.59 bits per heavy atom. The fourth-order valence-corrected chi connectivity index (χ4v) is 2.59. The molecule has 0 unspecified atom stereocenters. The molecule has 0 saturated heterocycles. The highest BCUT2D eigenvalue weighted by Gasteiger charge is 2.22. The van der Waals surface area contributed by atoms with Crippen LogP contribution in [0.25, 0.3) is 11.1 Å². The summed E-state index contributed by atoms with van der Waals surface area (Å²) in [6.45, 7) is 0.998. The molecule has 0 aliphatic heterocycles. The second kappa shape index (κ2) is 6.13. The van der Waals surface area contributed by atoms with Crippen LogP contribution in [-0.2, 0) is 10.2 Å². The molecule has 22 heavy (non-hydrogen) atoms. The first-order valence-electron chi connectivity index (χ1n) is 6.23. The normalized spacial score (nSPS) is 11.4. The molecule has 0 aromatic carbocycles. The van der Waals surface area contributed by atoms with E-state index in [2.05, 4.69) is 10.3 Å². The molecule has 0 radical (unpaired) electrons. The van der Waals surface area contributed by atoms with Crippen molar-refractivity contribution in [1.29, 1.82) is 0 Å². The molecule has 0 saturated carbocycles. The van der Waals surface area contributed by atoms with E-state index in [0.29, 0.717) is 28.4 Å². The molecule has 0 atom stereocenters. The summed E-state index contributed by atoms with van der Waals surface area (Å²) in [6, 6.07) is 4.63. The van der Waals surface area contributed by atoms with Crippen molar-refractivity contribution in [2.24, 2.45) is 10.9 Å². The molecular weight excluding hydrogens is 310 g/mol. The van der Waals surface area contributed by atoms with E-state index < -0.39 is 21.9 Å². The maximum absolute atomic E-state index is 11.4. The number of nitrogens with two attached hydrogens (primary N) is 2. The van der Waals surface area contributed by atoms with E-state index in [9.17, 15) is 18.3 Å². The summed E-state index contributed by atoms with van der Waals surface area (Å²) in [5, 5.41) is 17.2. The highest BCUT2D eigenvalue weighted by Crippen LogP contribution is 2.26. The van der Waals surface area contributed by atoms with Gasteiger partial charge >= 0.3 is 16.2 Å². The number of carboxylic acids is 1. The van der Waals surface area contributed by atoms with Gasteiger partial charge < -0.3 is 16.2 Å². The average molecular weight is 325 g/mol. The van der Waals surface area contributed by atoms with Crippen LogP contribution >= 0.6 is 0 Å². The molecule has 9 nitrogen and oxygen atoms in total. The van der Waals surface area contributed by atoms with Gasteiger partial charge in [0.15, 0.2) is 5.69 Å². The van der Waals surface area contributed by atoms with Gasteiger partial charge in [-0.2, -0.15) is 8.42 Å².